The van der Waals surface area contributed by atoms with Gasteiger partial charge in [-0.2, -0.15) is 0 Å². The predicted octanol–water partition coefficient (Wildman–Crippen LogP) is 15.5. The standard InChI is InChI=1S/C57H50N4O/c1-8-33(2)35-21-23-37(24-22-35)54-58-50-42-18-12-14-20-48(42)62-53(50)55(59-54)61-46-19-13-11-17-40(46)41-27-28-43-49-39-16-10-9-15-36(39)25-30-47(49)60(52(43)51(41)61)38-26-29-44-45(31-38)56(4,5)32-34(3)57(44,6)7/h9-31,33-34H,8,32H2,1-7H3. The van der Waals surface area contributed by atoms with Gasteiger partial charge in [0, 0.05) is 38.2 Å². The van der Waals surface area contributed by atoms with Gasteiger partial charge >= 0.3 is 0 Å². The summed E-state index contributed by atoms with van der Waals surface area (Å²) in [6.45, 7) is 16.7. The first kappa shape index (κ1) is 37.1. The molecule has 0 radical (unpaired) electrons. The molecule has 2 unspecified atom stereocenters. The summed E-state index contributed by atoms with van der Waals surface area (Å²) in [5, 5.41) is 8.23. The lowest BCUT2D eigenvalue weighted by Crippen LogP contribution is -2.40. The smallest absolute Gasteiger partial charge is 0.197 e. The maximum absolute atomic E-state index is 6.87. The Morgan fingerprint density at radius 3 is 2.18 bits per heavy atom. The van der Waals surface area contributed by atoms with E-state index in [1.54, 1.807) is 0 Å². The van der Waals surface area contributed by atoms with Gasteiger partial charge in [0.1, 0.15) is 11.1 Å². The number of furan rings is 1. The fourth-order valence-electron chi connectivity index (χ4n) is 11.0. The van der Waals surface area contributed by atoms with Crippen molar-refractivity contribution in [2.24, 2.45) is 5.92 Å². The van der Waals surface area contributed by atoms with Crippen molar-refractivity contribution in [2.75, 3.05) is 0 Å². The second-order valence-corrected chi connectivity index (χ2v) is 19.2. The maximum atomic E-state index is 6.87. The highest BCUT2D eigenvalue weighted by Gasteiger charge is 2.42. The number of benzene rings is 7. The highest BCUT2D eigenvalue weighted by atomic mass is 16.3. The van der Waals surface area contributed by atoms with Crippen molar-refractivity contribution in [1.82, 2.24) is 19.1 Å². The number of fused-ring (bicyclic) bond motifs is 13. The third-order valence-electron chi connectivity index (χ3n) is 14.9. The first-order chi connectivity index (χ1) is 30.0. The highest BCUT2D eigenvalue weighted by Crippen LogP contribution is 2.51. The summed E-state index contributed by atoms with van der Waals surface area (Å²) >= 11 is 0. The first-order valence-electron chi connectivity index (χ1n) is 22.4. The van der Waals surface area contributed by atoms with E-state index in [0.29, 0.717) is 23.2 Å². The van der Waals surface area contributed by atoms with Gasteiger partial charge in [0.2, 0.25) is 0 Å². The monoisotopic (exact) mass is 806 g/mol. The SMILES string of the molecule is CCC(C)c1ccc(-c2nc(-n3c4ccccc4c4ccc5c6c7ccccc7ccc6n(-c6ccc7c(c6)C(C)(C)CC(C)C7(C)C)c5c43)c3oc4ccccc4c3n2)cc1. The molecular formula is C57H50N4O. The van der Waals surface area contributed by atoms with Gasteiger partial charge in [0.15, 0.2) is 17.2 Å². The number of para-hydroxylation sites is 2. The Hall–Kier alpha value is -6.72. The lowest BCUT2D eigenvalue weighted by Gasteiger charge is -2.46. The second-order valence-electron chi connectivity index (χ2n) is 19.2. The Balaban J connectivity index is 1.26. The third-order valence-corrected chi connectivity index (χ3v) is 14.9. The van der Waals surface area contributed by atoms with Crippen LogP contribution < -0.4 is 0 Å². The summed E-state index contributed by atoms with van der Waals surface area (Å²) in [4.78, 5) is 10.9. The molecule has 62 heavy (non-hydrogen) atoms. The molecule has 5 nitrogen and oxygen atoms in total. The molecule has 304 valence electrons. The molecule has 0 aliphatic heterocycles. The first-order valence-corrected chi connectivity index (χ1v) is 22.4. The summed E-state index contributed by atoms with van der Waals surface area (Å²) in [5.74, 6) is 2.44. The van der Waals surface area contributed by atoms with Crippen LogP contribution in [0.3, 0.4) is 0 Å². The van der Waals surface area contributed by atoms with Crippen LogP contribution in [0.25, 0.3) is 99.3 Å². The van der Waals surface area contributed by atoms with Crippen LogP contribution in [0.4, 0.5) is 0 Å². The van der Waals surface area contributed by atoms with Crippen molar-refractivity contribution >= 4 is 76.5 Å². The molecule has 12 rings (SSSR count). The molecule has 0 N–H and O–H groups in total. The zero-order valence-electron chi connectivity index (χ0n) is 36.5. The number of hydrogen-bond acceptors (Lipinski definition) is 3. The fourth-order valence-corrected chi connectivity index (χ4v) is 11.0. The zero-order chi connectivity index (χ0) is 42.2. The lowest BCUT2D eigenvalue weighted by atomic mass is 9.58. The van der Waals surface area contributed by atoms with E-state index in [1.807, 2.05) is 12.1 Å². The van der Waals surface area contributed by atoms with Crippen LogP contribution in [-0.4, -0.2) is 19.1 Å². The summed E-state index contributed by atoms with van der Waals surface area (Å²) < 4.78 is 11.8. The minimum atomic E-state index is 0.0208. The molecule has 0 bridgehead atoms. The van der Waals surface area contributed by atoms with Gasteiger partial charge in [-0.15, -0.1) is 0 Å². The Kier molecular flexibility index (Phi) is 7.86. The molecular weight excluding hydrogens is 757 g/mol. The number of aromatic nitrogens is 4. The normalized spacial score (nSPS) is 16.7. The zero-order valence-corrected chi connectivity index (χ0v) is 36.5. The molecule has 7 aromatic carbocycles. The molecule has 1 aliphatic rings. The van der Waals surface area contributed by atoms with Crippen LogP contribution in [0, 0.1) is 5.92 Å². The van der Waals surface area contributed by atoms with Crippen molar-refractivity contribution < 1.29 is 4.42 Å². The Morgan fingerprint density at radius 1 is 0.661 bits per heavy atom. The molecule has 0 saturated carbocycles. The topological polar surface area (TPSA) is 48.8 Å². The quantitative estimate of drug-likeness (QED) is 0.174. The fraction of sp³-hybridized carbons (Fsp3) is 0.228. The van der Waals surface area contributed by atoms with E-state index in [2.05, 4.69) is 185 Å². The molecule has 4 heterocycles. The average Bonchev–Trinajstić information content (AvgIpc) is 3.96. The van der Waals surface area contributed by atoms with E-state index < -0.39 is 0 Å². The second kappa shape index (κ2) is 13.1. The van der Waals surface area contributed by atoms with Crippen LogP contribution in [0.5, 0.6) is 0 Å². The van der Waals surface area contributed by atoms with Gasteiger partial charge < -0.3 is 8.98 Å². The molecule has 0 amide bonds. The Bertz CT molecular complexity index is 3630. The van der Waals surface area contributed by atoms with Crippen molar-refractivity contribution in [2.45, 2.75) is 78.1 Å². The van der Waals surface area contributed by atoms with Gasteiger partial charge in [0.05, 0.1) is 22.1 Å². The van der Waals surface area contributed by atoms with Crippen molar-refractivity contribution in [3.63, 3.8) is 0 Å². The summed E-state index contributed by atoms with van der Waals surface area (Å²) in [6.07, 6.45) is 2.22. The van der Waals surface area contributed by atoms with Gasteiger partial charge in [-0.05, 0) is 99.4 Å². The van der Waals surface area contributed by atoms with Crippen LogP contribution in [0.2, 0.25) is 0 Å². The molecule has 11 aromatic rings. The van der Waals surface area contributed by atoms with Gasteiger partial charge in [-0.1, -0.05) is 152 Å². The van der Waals surface area contributed by atoms with E-state index in [1.165, 1.54) is 49.4 Å². The van der Waals surface area contributed by atoms with Gasteiger partial charge in [-0.3, -0.25) is 4.57 Å². The largest absolute Gasteiger partial charge is 0.450 e. The molecule has 2 atom stereocenters. The van der Waals surface area contributed by atoms with Gasteiger partial charge in [-0.25, -0.2) is 9.97 Å². The molecule has 0 fully saturated rings. The van der Waals surface area contributed by atoms with Crippen LogP contribution in [0.15, 0.2) is 144 Å². The van der Waals surface area contributed by atoms with E-state index in [9.17, 15) is 0 Å². The summed E-state index contributed by atoms with van der Waals surface area (Å²) in [6, 6.07) is 51.3. The summed E-state index contributed by atoms with van der Waals surface area (Å²) in [7, 11) is 0. The highest BCUT2D eigenvalue weighted by molar-refractivity contribution is 6.28. The summed E-state index contributed by atoms with van der Waals surface area (Å²) in [5.41, 5.74) is 13.2. The molecule has 0 saturated heterocycles. The number of nitrogens with zero attached hydrogens (tertiary/aromatic N) is 4. The average molecular weight is 807 g/mol. The van der Waals surface area contributed by atoms with E-state index in [4.69, 9.17) is 14.4 Å². The number of hydrogen-bond donors (Lipinski definition) is 0. The van der Waals surface area contributed by atoms with E-state index in [0.717, 1.165) is 68.0 Å². The van der Waals surface area contributed by atoms with Crippen LogP contribution >= 0.6 is 0 Å². The van der Waals surface area contributed by atoms with E-state index >= 15 is 0 Å². The van der Waals surface area contributed by atoms with Crippen LogP contribution in [0.1, 0.15) is 83.9 Å². The van der Waals surface area contributed by atoms with Crippen molar-refractivity contribution in [3.05, 3.63) is 156 Å². The van der Waals surface area contributed by atoms with Crippen LogP contribution in [-0.2, 0) is 10.8 Å². The molecule has 0 spiro atoms. The Morgan fingerprint density at radius 2 is 1.37 bits per heavy atom. The van der Waals surface area contributed by atoms with Crippen molar-refractivity contribution in [1.29, 1.82) is 0 Å². The molecule has 5 heteroatoms. The maximum Gasteiger partial charge on any atom is 0.197 e. The van der Waals surface area contributed by atoms with E-state index in [-0.39, 0.29) is 10.8 Å². The third kappa shape index (κ3) is 5.14. The Labute approximate surface area is 361 Å². The predicted molar refractivity (Wildman–Crippen MR) is 259 cm³/mol. The molecule has 1 aliphatic carbocycles. The van der Waals surface area contributed by atoms with Gasteiger partial charge in [0.25, 0.3) is 0 Å². The minimum absolute atomic E-state index is 0.0208. The van der Waals surface area contributed by atoms with Crippen molar-refractivity contribution in [3.8, 4) is 22.9 Å². The minimum Gasteiger partial charge on any atom is -0.450 e. The molecule has 4 aromatic heterocycles. The number of rotatable bonds is 5. The lowest BCUT2D eigenvalue weighted by molar-refractivity contribution is 0.233.